The molecule has 0 saturated carbocycles. The molecular weight excluding hydrogens is 229 g/mol. The van der Waals surface area contributed by atoms with Gasteiger partial charge in [-0.1, -0.05) is 12.1 Å². The monoisotopic (exact) mass is 239 g/mol. The van der Waals surface area contributed by atoms with Gasteiger partial charge in [-0.05, 0) is 17.7 Å². The lowest BCUT2D eigenvalue weighted by Gasteiger charge is -2.00. The Hall–Kier alpha value is -2.24. The van der Waals surface area contributed by atoms with Gasteiger partial charge >= 0.3 is 5.97 Å². The van der Waals surface area contributed by atoms with Crippen molar-refractivity contribution in [2.45, 2.75) is 6.92 Å². The van der Waals surface area contributed by atoms with Gasteiger partial charge in [0.2, 0.25) is 0 Å². The molecule has 0 radical (unpaired) electrons. The molecule has 1 aromatic rings. The molecule has 17 heavy (non-hydrogen) atoms. The van der Waals surface area contributed by atoms with Gasteiger partial charge in [-0.15, -0.1) is 0 Å². The van der Waals surface area contributed by atoms with Crippen LogP contribution in [0.5, 0.6) is 0 Å². The van der Waals surface area contributed by atoms with E-state index in [-0.39, 0.29) is 5.70 Å². The number of benzene rings is 1. The fraction of sp³-hybridized carbons (Fsp3) is 0.182. The van der Waals surface area contributed by atoms with Crippen molar-refractivity contribution in [3.8, 4) is 0 Å². The summed E-state index contributed by atoms with van der Waals surface area (Å²) in [5.74, 6) is -1.11. The van der Waals surface area contributed by atoms with E-state index in [1.54, 1.807) is 0 Å². The van der Waals surface area contributed by atoms with E-state index in [0.29, 0.717) is 5.56 Å². The van der Waals surface area contributed by atoms with Crippen molar-refractivity contribution in [2.24, 2.45) is 0 Å². The van der Waals surface area contributed by atoms with Gasteiger partial charge in [0.05, 0.1) is 4.92 Å². The number of nitro groups is 1. The first-order chi connectivity index (χ1) is 7.99. The third-order valence-electron chi connectivity index (χ3n) is 1.84. The second-order valence-electron chi connectivity index (χ2n) is 3.23. The number of esters is 1. The number of nitrogens with zero attached hydrogens (tertiary/aromatic N) is 1. The lowest BCUT2D eigenvalue weighted by atomic mass is 10.2. The number of carbonyl (C=O) groups excluding carboxylic acids is 1. The molecule has 0 heterocycles. The zero-order valence-electron chi connectivity index (χ0n) is 9.05. The summed E-state index contributed by atoms with van der Waals surface area (Å²) < 4.78 is 17.4. The van der Waals surface area contributed by atoms with Gasteiger partial charge in [0.1, 0.15) is 5.82 Å². The fourth-order valence-corrected chi connectivity index (χ4v) is 1.11. The van der Waals surface area contributed by atoms with Crippen molar-refractivity contribution in [1.82, 2.24) is 0 Å². The van der Waals surface area contributed by atoms with Crippen molar-refractivity contribution < 1.29 is 18.8 Å². The van der Waals surface area contributed by atoms with Crippen LogP contribution in [0.15, 0.2) is 30.0 Å². The first-order valence-electron chi connectivity index (χ1n) is 4.73. The van der Waals surface area contributed by atoms with E-state index >= 15 is 0 Å². The van der Waals surface area contributed by atoms with Crippen LogP contribution in [0.25, 0.3) is 6.08 Å². The smallest absolute Gasteiger partial charge is 0.303 e. The molecular formula is C11H10FNO4. The molecule has 0 spiro atoms. The summed E-state index contributed by atoms with van der Waals surface area (Å²) in [7, 11) is 0. The molecule has 0 unspecified atom stereocenters. The molecule has 0 N–H and O–H groups in total. The Balaban J connectivity index is 2.90. The van der Waals surface area contributed by atoms with E-state index in [2.05, 4.69) is 4.74 Å². The molecule has 0 bridgehead atoms. The molecule has 1 rings (SSSR count). The van der Waals surface area contributed by atoms with Crippen LogP contribution in [-0.4, -0.2) is 17.5 Å². The van der Waals surface area contributed by atoms with Crippen molar-refractivity contribution >= 4 is 12.0 Å². The summed E-state index contributed by atoms with van der Waals surface area (Å²) in [5, 5.41) is 10.7. The van der Waals surface area contributed by atoms with E-state index in [4.69, 9.17) is 0 Å². The average molecular weight is 239 g/mol. The highest BCUT2D eigenvalue weighted by Crippen LogP contribution is 2.10. The standard InChI is InChI=1S/C11H10FNO4/c1-8(14)17-7-11(13(15)16)6-9-3-2-4-10(12)5-9/h2-6H,7H2,1H3/b11-6-. The summed E-state index contributed by atoms with van der Waals surface area (Å²) in [6, 6.07) is 5.33. The van der Waals surface area contributed by atoms with Crippen LogP contribution < -0.4 is 0 Å². The Morgan fingerprint density at radius 1 is 1.59 bits per heavy atom. The van der Waals surface area contributed by atoms with Gasteiger partial charge in [-0.3, -0.25) is 14.9 Å². The molecule has 0 amide bonds. The highest BCUT2D eigenvalue weighted by molar-refractivity contribution is 5.66. The van der Waals surface area contributed by atoms with E-state index in [9.17, 15) is 19.3 Å². The number of carbonyl (C=O) groups is 1. The first-order valence-corrected chi connectivity index (χ1v) is 4.73. The third kappa shape index (κ3) is 4.42. The maximum atomic E-state index is 12.8. The highest BCUT2D eigenvalue weighted by Gasteiger charge is 2.12. The van der Waals surface area contributed by atoms with Crippen molar-refractivity contribution in [1.29, 1.82) is 0 Å². The first kappa shape index (κ1) is 12.8. The van der Waals surface area contributed by atoms with Crippen molar-refractivity contribution in [3.05, 3.63) is 51.5 Å². The Morgan fingerprint density at radius 2 is 2.29 bits per heavy atom. The van der Waals surface area contributed by atoms with Gasteiger partial charge in [0.25, 0.3) is 5.70 Å². The summed E-state index contributed by atoms with van der Waals surface area (Å²) in [4.78, 5) is 20.5. The predicted octanol–water partition coefficient (Wildman–Crippen LogP) is 2.01. The second kappa shape index (κ2) is 5.74. The Bertz CT molecular complexity index is 470. The lowest BCUT2D eigenvalue weighted by molar-refractivity contribution is -0.428. The second-order valence-corrected chi connectivity index (χ2v) is 3.23. The van der Waals surface area contributed by atoms with Gasteiger partial charge in [0.15, 0.2) is 6.61 Å². The van der Waals surface area contributed by atoms with E-state index in [0.717, 1.165) is 19.1 Å². The molecule has 5 nitrogen and oxygen atoms in total. The fourth-order valence-electron chi connectivity index (χ4n) is 1.11. The maximum absolute atomic E-state index is 12.8. The minimum absolute atomic E-state index is 0.314. The largest absolute Gasteiger partial charge is 0.454 e. The summed E-state index contributed by atoms with van der Waals surface area (Å²) in [5.41, 5.74) is 0.0228. The van der Waals surface area contributed by atoms with Crippen LogP contribution in [0.3, 0.4) is 0 Å². The zero-order chi connectivity index (χ0) is 12.8. The van der Waals surface area contributed by atoms with Crippen LogP contribution in [0, 0.1) is 15.9 Å². The van der Waals surface area contributed by atoms with Crippen LogP contribution in [-0.2, 0) is 9.53 Å². The number of ether oxygens (including phenoxy) is 1. The summed E-state index contributed by atoms with van der Waals surface area (Å²) in [6.07, 6.45) is 1.16. The molecule has 90 valence electrons. The molecule has 0 saturated heterocycles. The molecule has 1 aromatic carbocycles. The minimum atomic E-state index is -0.673. The number of rotatable bonds is 4. The van der Waals surface area contributed by atoms with Crippen LogP contribution in [0.4, 0.5) is 4.39 Å². The normalized spacial score (nSPS) is 11.1. The molecule has 0 aliphatic heterocycles. The van der Waals surface area contributed by atoms with Crippen LogP contribution >= 0.6 is 0 Å². The zero-order valence-corrected chi connectivity index (χ0v) is 9.05. The topological polar surface area (TPSA) is 69.4 Å². The van der Waals surface area contributed by atoms with Crippen LogP contribution in [0.1, 0.15) is 12.5 Å². The Kier molecular flexibility index (Phi) is 4.33. The van der Waals surface area contributed by atoms with E-state index in [1.807, 2.05) is 0 Å². The number of hydrogen-bond donors (Lipinski definition) is 0. The number of hydrogen-bond acceptors (Lipinski definition) is 4. The van der Waals surface area contributed by atoms with Gasteiger partial charge in [-0.25, -0.2) is 4.39 Å². The summed E-state index contributed by atoms with van der Waals surface area (Å²) >= 11 is 0. The van der Waals surface area contributed by atoms with Crippen molar-refractivity contribution in [2.75, 3.05) is 6.61 Å². The van der Waals surface area contributed by atoms with Gasteiger partial charge in [0, 0.05) is 13.0 Å². The predicted molar refractivity (Wildman–Crippen MR) is 58.0 cm³/mol. The highest BCUT2D eigenvalue weighted by atomic mass is 19.1. The lowest BCUT2D eigenvalue weighted by Crippen LogP contribution is -2.09. The Morgan fingerprint density at radius 3 is 2.82 bits per heavy atom. The van der Waals surface area contributed by atoms with Gasteiger partial charge < -0.3 is 4.74 Å². The third-order valence-corrected chi connectivity index (χ3v) is 1.84. The van der Waals surface area contributed by atoms with Crippen molar-refractivity contribution in [3.63, 3.8) is 0 Å². The molecule has 0 aliphatic rings. The molecule has 0 atom stereocenters. The minimum Gasteiger partial charge on any atom is -0.454 e. The Labute approximate surface area is 96.7 Å². The van der Waals surface area contributed by atoms with Crippen LogP contribution in [0.2, 0.25) is 0 Å². The van der Waals surface area contributed by atoms with E-state index in [1.165, 1.54) is 18.2 Å². The molecule has 6 heteroatoms. The molecule has 0 aromatic heterocycles. The number of halogens is 1. The maximum Gasteiger partial charge on any atom is 0.303 e. The SMILES string of the molecule is CC(=O)OC/C(=C/c1cccc(F)c1)[N+](=O)[O-]. The van der Waals surface area contributed by atoms with E-state index < -0.39 is 23.3 Å². The summed E-state index contributed by atoms with van der Waals surface area (Å²) in [6.45, 7) is 0.707. The van der Waals surface area contributed by atoms with Gasteiger partial charge in [-0.2, -0.15) is 0 Å². The molecule has 0 fully saturated rings. The quantitative estimate of drug-likeness (QED) is 0.457. The average Bonchev–Trinajstić information content (AvgIpc) is 2.23. The molecule has 0 aliphatic carbocycles.